The van der Waals surface area contributed by atoms with Crippen LogP contribution in [0.25, 0.3) is 11.0 Å². The maximum absolute atomic E-state index is 9.56. The van der Waals surface area contributed by atoms with Gasteiger partial charge in [0.15, 0.2) is 5.82 Å². The smallest absolute Gasteiger partial charge is 0.154 e. The summed E-state index contributed by atoms with van der Waals surface area (Å²) in [5, 5.41) is 13.0. The van der Waals surface area contributed by atoms with Crippen molar-refractivity contribution in [1.82, 2.24) is 14.5 Å². The maximum Gasteiger partial charge on any atom is 0.154 e. The van der Waals surface area contributed by atoms with E-state index in [1.165, 1.54) is 5.56 Å². The molecule has 0 unspecified atom stereocenters. The lowest BCUT2D eigenvalue weighted by Gasteiger charge is -2.15. The zero-order valence-corrected chi connectivity index (χ0v) is 15.8. The highest BCUT2D eigenvalue weighted by molar-refractivity contribution is 5.86. The number of pyridine rings is 1. The van der Waals surface area contributed by atoms with Crippen molar-refractivity contribution in [1.29, 1.82) is 0 Å². The van der Waals surface area contributed by atoms with Crippen LogP contribution in [0.1, 0.15) is 44.5 Å². The third-order valence-corrected chi connectivity index (χ3v) is 4.81. The van der Waals surface area contributed by atoms with Gasteiger partial charge in [-0.15, -0.1) is 0 Å². The van der Waals surface area contributed by atoms with Gasteiger partial charge in [0.25, 0.3) is 0 Å². The number of fused-ring (bicyclic) bond motifs is 1. The molecule has 0 fully saturated rings. The molecule has 0 spiro atoms. The van der Waals surface area contributed by atoms with Crippen LogP contribution in [-0.4, -0.2) is 26.2 Å². The van der Waals surface area contributed by atoms with E-state index in [1.807, 2.05) is 24.5 Å². The van der Waals surface area contributed by atoms with E-state index in [9.17, 15) is 5.11 Å². The summed E-state index contributed by atoms with van der Waals surface area (Å²) >= 11 is 0. The fourth-order valence-electron chi connectivity index (χ4n) is 3.14. The second kappa shape index (κ2) is 8.32. The topological polar surface area (TPSA) is 63.0 Å². The predicted octanol–water partition coefficient (Wildman–Crippen LogP) is 4.19. The Morgan fingerprint density at radius 2 is 1.96 bits per heavy atom. The lowest BCUT2D eigenvalue weighted by Crippen LogP contribution is -2.11. The van der Waals surface area contributed by atoms with Crippen molar-refractivity contribution in [2.24, 2.45) is 5.92 Å². The molecule has 0 amide bonds. The molecule has 0 saturated carbocycles. The molecule has 2 aromatic heterocycles. The third kappa shape index (κ3) is 4.05. The number of hydrogen-bond donors (Lipinski definition) is 2. The first-order valence-corrected chi connectivity index (χ1v) is 9.37. The van der Waals surface area contributed by atoms with Crippen molar-refractivity contribution in [2.75, 3.05) is 11.9 Å². The van der Waals surface area contributed by atoms with Gasteiger partial charge in [0.05, 0.1) is 11.8 Å². The molecule has 1 atom stereocenters. The van der Waals surface area contributed by atoms with Crippen molar-refractivity contribution in [3.05, 3.63) is 54.0 Å². The monoisotopic (exact) mass is 352 g/mol. The number of rotatable bonds is 8. The molecule has 3 rings (SSSR count). The highest BCUT2D eigenvalue weighted by atomic mass is 16.3. The number of anilines is 1. The number of benzene rings is 1. The van der Waals surface area contributed by atoms with Crippen molar-refractivity contribution in [3.63, 3.8) is 0 Å². The number of aliphatic hydroxyl groups is 1. The van der Waals surface area contributed by atoms with Gasteiger partial charge in [-0.3, -0.25) is 0 Å². The molecule has 0 saturated heterocycles. The molecule has 138 valence electrons. The van der Waals surface area contributed by atoms with Crippen LogP contribution in [0, 0.1) is 5.92 Å². The van der Waals surface area contributed by atoms with Crippen LogP contribution in [0.4, 0.5) is 5.82 Å². The molecule has 0 radical (unpaired) electrons. The maximum atomic E-state index is 9.56. The zero-order valence-electron chi connectivity index (χ0n) is 15.8. The van der Waals surface area contributed by atoms with Crippen molar-refractivity contribution in [2.45, 2.75) is 46.2 Å². The van der Waals surface area contributed by atoms with E-state index in [0.29, 0.717) is 12.6 Å². The molecule has 5 heteroatoms. The summed E-state index contributed by atoms with van der Waals surface area (Å²) in [5.74, 6) is 1.05. The number of aliphatic hydroxyl groups excluding tert-OH is 1. The van der Waals surface area contributed by atoms with E-state index >= 15 is 0 Å². The van der Waals surface area contributed by atoms with E-state index in [4.69, 9.17) is 4.98 Å². The van der Waals surface area contributed by atoms with Gasteiger partial charge in [0.2, 0.25) is 0 Å². The normalized spacial score (nSPS) is 12.7. The third-order valence-electron chi connectivity index (χ3n) is 4.81. The minimum Gasteiger partial charge on any atom is -0.396 e. The molecular formula is C21H28N4O. The second-order valence-electron chi connectivity index (χ2n) is 7.08. The quantitative estimate of drug-likeness (QED) is 0.638. The largest absolute Gasteiger partial charge is 0.396 e. The number of nitrogens with zero attached hydrogens (tertiary/aromatic N) is 3. The van der Waals surface area contributed by atoms with Crippen LogP contribution in [0.2, 0.25) is 0 Å². The van der Waals surface area contributed by atoms with E-state index in [-0.39, 0.29) is 12.5 Å². The average Bonchev–Trinajstić information content (AvgIpc) is 3.09. The molecule has 0 aliphatic heterocycles. The lowest BCUT2D eigenvalue weighted by molar-refractivity contribution is 0.221. The van der Waals surface area contributed by atoms with Gasteiger partial charge in [-0.05, 0) is 37.8 Å². The van der Waals surface area contributed by atoms with Gasteiger partial charge >= 0.3 is 0 Å². The Bertz CT molecular complexity index is 838. The van der Waals surface area contributed by atoms with E-state index in [2.05, 4.69) is 53.8 Å². The number of aromatic nitrogens is 3. The average molecular weight is 352 g/mol. The van der Waals surface area contributed by atoms with Crippen LogP contribution >= 0.6 is 0 Å². The SMILES string of the molecule is CC[C@H](CO)Cc1cc2c(ncn2C(C)C)c(NCc2ccccc2)n1. The summed E-state index contributed by atoms with van der Waals surface area (Å²) in [6.45, 7) is 7.30. The van der Waals surface area contributed by atoms with E-state index in [0.717, 1.165) is 35.4 Å². The molecule has 2 heterocycles. The van der Waals surface area contributed by atoms with Crippen molar-refractivity contribution < 1.29 is 5.11 Å². The molecule has 3 aromatic rings. The second-order valence-corrected chi connectivity index (χ2v) is 7.08. The standard InChI is InChI=1S/C21H28N4O/c1-4-16(13-26)10-18-11-19-20(23-14-25(19)15(2)3)21(24-18)22-12-17-8-6-5-7-9-17/h5-9,11,14-16,26H,4,10,12-13H2,1-3H3,(H,22,24)/t16-/m0/s1. The molecular weight excluding hydrogens is 324 g/mol. The van der Waals surface area contributed by atoms with Gasteiger partial charge in [0.1, 0.15) is 5.52 Å². The lowest BCUT2D eigenvalue weighted by atomic mass is 10.0. The Hall–Kier alpha value is -2.40. The Morgan fingerprint density at radius 1 is 1.19 bits per heavy atom. The Balaban J connectivity index is 1.96. The number of nitrogens with one attached hydrogen (secondary N) is 1. The van der Waals surface area contributed by atoms with E-state index in [1.54, 1.807) is 0 Å². The van der Waals surface area contributed by atoms with Crippen molar-refractivity contribution in [3.8, 4) is 0 Å². The summed E-state index contributed by atoms with van der Waals surface area (Å²) in [7, 11) is 0. The van der Waals surface area contributed by atoms with Crippen LogP contribution in [0.3, 0.4) is 0 Å². The molecule has 5 nitrogen and oxygen atoms in total. The summed E-state index contributed by atoms with van der Waals surface area (Å²) in [6, 6.07) is 12.7. The molecule has 26 heavy (non-hydrogen) atoms. The molecule has 0 aliphatic rings. The van der Waals surface area contributed by atoms with Gasteiger partial charge in [-0.1, -0.05) is 43.7 Å². The van der Waals surface area contributed by atoms with Crippen LogP contribution < -0.4 is 5.32 Å². The van der Waals surface area contributed by atoms with E-state index < -0.39 is 0 Å². The first-order valence-electron chi connectivity index (χ1n) is 9.37. The summed E-state index contributed by atoms with van der Waals surface area (Å²) in [5.41, 5.74) is 4.19. The molecule has 0 bridgehead atoms. The Kier molecular flexibility index (Phi) is 5.89. The molecule has 0 aliphatic carbocycles. The first-order chi connectivity index (χ1) is 12.6. The summed E-state index contributed by atoms with van der Waals surface area (Å²) in [4.78, 5) is 9.43. The fourth-order valence-corrected chi connectivity index (χ4v) is 3.14. The minimum atomic E-state index is 0.187. The Morgan fingerprint density at radius 3 is 2.62 bits per heavy atom. The van der Waals surface area contributed by atoms with Crippen LogP contribution in [0.15, 0.2) is 42.7 Å². The predicted molar refractivity (Wildman–Crippen MR) is 106 cm³/mol. The van der Waals surface area contributed by atoms with Crippen LogP contribution in [0.5, 0.6) is 0 Å². The summed E-state index contributed by atoms with van der Waals surface area (Å²) < 4.78 is 2.17. The minimum absolute atomic E-state index is 0.187. The number of hydrogen-bond acceptors (Lipinski definition) is 4. The molecule has 1 aromatic carbocycles. The van der Waals surface area contributed by atoms with Gasteiger partial charge in [-0.25, -0.2) is 9.97 Å². The van der Waals surface area contributed by atoms with Gasteiger partial charge < -0.3 is 15.0 Å². The highest BCUT2D eigenvalue weighted by Crippen LogP contribution is 2.26. The summed E-state index contributed by atoms with van der Waals surface area (Å²) in [6.07, 6.45) is 3.59. The van der Waals surface area contributed by atoms with Gasteiger partial charge in [0, 0.05) is 24.9 Å². The Labute approximate surface area is 155 Å². The highest BCUT2D eigenvalue weighted by Gasteiger charge is 2.15. The molecule has 2 N–H and O–H groups in total. The first kappa shape index (κ1) is 18.4. The number of imidazole rings is 1. The van der Waals surface area contributed by atoms with Crippen molar-refractivity contribution >= 4 is 16.9 Å². The van der Waals surface area contributed by atoms with Crippen LogP contribution in [-0.2, 0) is 13.0 Å². The van der Waals surface area contributed by atoms with Gasteiger partial charge in [-0.2, -0.15) is 0 Å². The zero-order chi connectivity index (χ0) is 18.5. The fraction of sp³-hybridized carbons (Fsp3) is 0.429.